The zero-order valence-corrected chi connectivity index (χ0v) is 12.7. The molecule has 0 spiro atoms. The van der Waals surface area contributed by atoms with Crippen LogP contribution >= 0.6 is 0 Å². The van der Waals surface area contributed by atoms with Gasteiger partial charge in [-0.05, 0) is 45.4 Å². The second-order valence-corrected chi connectivity index (χ2v) is 6.68. The van der Waals surface area contributed by atoms with Crippen molar-refractivity contribution >= 4 is 15.8 Å². The SMILES string of the molecule is CC(=O)CC(CCCN)NS(=O)(=O)c1ccc(C)cc1. The lowest BCUT2D eigenvalue weighted by Gasteiger charge is -2.17. The zero-order chi connectivity index (χ0) is 15.2. The zero-order valence-electron chi connectivity index (χ0n) is 11.9. The van der Waals surface area contributed by atoms with E-state index in [1.165, 1.54) is 6.92 Å². The lowest BCUT2D eigenvalue weighted by atomic mass is 10.1. The van der Waals surface area contributed by atoms with Gasteiger partial charge in [0.05, 0.1) is 4.90 Å². The lowest BCUT2D eigenvalue weighted by Crippen LogP contribution is -2.36. The quantitative estimate of drug-likeness (QED) is 0.758. The maximum atomic E-state index is 12.2. The van der Waals surface area contributed by atoms with Gasteiger partial charge < -0.3 is 5.73 Å². The third-order valence-electron chi connectivity index (χ3n) is 2.94. The summed E-state index contributed by atoms with van der Waals surface area (Å²) in [6.07, 6.45) is 1.42. The van der Waals surface area contributed by atoms with Gasteiger partial charge in [0.25, 0.3) is 0 Å². The fourth-order valence-electron chi connectivity index (χ4n) is 1.92. The summed E-state index contributed by atoms with van der Waals surface area (Å²) in [6.45, 7) is 3.82. The summed E-state index contributed by atoms with van der Waals surface area (Å²) in [6, 6.07) is 6.21. The van der Waals surface area contributed by atoms with E-state index >= 15 is 0 Å². The molecule has 0 saturated carbocycles. The topological polar surface area (TPSA) is 89.3 Å². The van der Waals surface area contributed by atoms with E-state index in [0.29, 0.717) is 19.4 Å². The van der Waals surface area contributed by atoms with E-state index in [-0.39, 0.29) is 17.1 Å². The summed E-state index contributed by atoms with van der Waals surface area (Å²) < 4.78 is 27.1. The number of sulfonamides is 1. The number of nitrogens with two attached hydrogens (primary N) is 1. The van der Waals surface area contributed by atoms with Crippen LogP contribution in [0, 0.1) is 6.92 Å². The summed E-state index contributed by atoms with van der Waals surface area (Å²) in [7, 11) is -3.60. The molecule has 1 unspecified atom stereocenters. The van der Waals surface area contributed by atoms with Crippen molar-refractivity contribution in [2.75, 3.05) is 6.54 Å². The van der Waals surface area contributed by atoms with Crippen molar-refractivity contribution in [3.63, 3.8) is 0 Å². The Labute approximate surface area is 120 Å². The standard InChI is InChI=1S/C14H22N2O3S/c1-11-5-7-14(8-6-11)20(18,19)16-13(4-3-9-15)10-12(2)17/h5-8,13,16H,3-4,9-10,15H2,1-2H3. The Hall–Kier alpha value is -1.24. The highest BCUT2D eigenvalue weighted by Crippen LogP contribution is 2.13. The molecule has 6 heteroatoms. The van der Waals surface area contributed by atoms with Gasteiger partial charge in [-0.15, -0.1) is 0 Å². The number of hydrogen-bond acceptors (Lipinski definition) is 4. The van der Waals surface area contributed by atoms with Crippen molar-refractivity contribution < 1.29 is 13.2 Å². The van der Waals surface area contributed by atoms with Gasteiger partial charge in [0.2, 0.25) is 10.0 Å². The van der Waals surface area contributed by atoms with Gasteiger partial charge in [0.15, 0.2) is 0 Å². The first-order valence-electron chi connectivity index (χ1n) is 6.63. The number of nitrogens with one attached hydrogen (secondary N) is 1. The Bertz CT molecular complexity index is 538. The fraction of sp³-hybridized carbons (Fsp3) is 0.500. The highest BCUT2D eigenvalue weighted by molar-refractivity contribution is 7.89. The third kappa shape index (κ3) is 5.40. The van der Waals surface area contributed by atoms with Crippen molar-refractivity contribution in [3.05, 3.63) is 29.8 Å². The van der Waals surface area contributed by atoms with Crippen molar-refractivity contribution in [1.82, 2.24) is 4.72 Å². The summed E-state index contributed by atoms with van der Waals surface area (Å²) in [5, 5.41) is 0. The number of benzene rings is 1. The number of Topliss-reactive ketones (excluding diaryl/α,β-unsaturated/α-hetero) is 1. The number of ketones is 1. The Kier molecular flexibility index (Phi) is 6.32. The normalized spacial score (nSPS) is 13.2. The second-order valence-electron chi connectivity index (χ2n) is 4.97. The molecule has 112 valence electrons. The van der Waals surface area contributed by atoms with Crippen molar-refractivity contribution in [1.29, 1.82) is 0 Å². The van der Waals surface area contributed by atoms with E-state index in [1.807, 2.05) is 6.92 Å². The second kappa shape index (κ2) is 7.52. The van der Waals surface area contributed by atoms with Crippen LogP contribution in [0.1, 0.15) is 31.7 Å². The van der Waals surface area contributed by atoms with Gasteiger partial charge in [-0.2, -0.15) is 0 Å². The number of carbonyl (C=O) groups excluding carboxylic acids is 1. The Morgan fingerprint density at radius 2 is 1.90 bits per heavy atom. The molecule has 1 aromatic rings. The van der Waals surface area contributed by atoms with Crippen LogP contribution in [0.4, 0.5) is 0 Å². The highest BCUT2D eigenvalue weighted by Gasteiger charge is 2.20. The highest BCUT2D eigenvalue weighted by atomic mass is 32.2. The Morgan fingerprint density at radius 1 is 1.30 bits per heavy atom. The molecular formula is C14H22N2O3S. The molecule has 5 nitrogen and oxygen atoms in total. The van der Waals surface area contributed by atoms with E-state index in [1.54, 1.807) is 24.3 Å². The minimum Gasteiger partial charge on any atom is -0.330 e. The first-order chi connectivity index (χ1) is 9.35. The van der Waals surface area contributed by atoms with E-state index in [2.05, 4.69) is 4.72 Å². The van der Waals surface area contributed by atoms with Crippen LogP contribution in [0.2, 0.25) is 0 Å². The molecule has 0 aromatic heterocycles. The molecule has 0 aliphatic rings. The molecule has 1 aromatic carbocycles. The van der Waals surface area contributed by atoms with Gasteiger partial charge in [0, 0.05) is 12.5 Å². The van der Waals surface area contributed by atoms with E-state index in [9.17, 15) is 13.2 Å². The minimum atomic E-state index is -3.60. The van der Waals surface area contributed by atoms with Crippen LogP contribution < -0.4 is 10.5 Å². The molecule has 0 fully saturated rings. The minimum absolute atomic E-state index is 0.0429. The summed E-state index contributed by atoms with van der Waals surface area (Å²) in [4.78, 5) is 11.4. The summed E-state index contributed by atoms with van der Waals surface area (Å²) in [5.74, 6) is -0.0429. The average molecular weight is 298 g/mol. The third-order valence-corrected chi connectivity index (χ3v) is 4.48. The summed E-state index contributed by atoms with van der Waals surface area (Å²) in [5.41, 5.74) is 6.43. The first-order valence-corrected chi connectivity index (χ1v) is 8.12. The molecule has 3 N–H and O–H groups in total. The van der Waals surface area contributed by atoms with Crippen molar-refractivity contribution in [2.24, 2.45) is 5.73 Å². The van der Waals surface area contributed by atoms with Gasteiger partial charge >= 0.3 is 0 Å². The van der Waals surface area contributed by atoms with Crippen LogP contribution in [0.15, 0.2) is 29.2 Å². The average Bonchev–Trinajstić information content (AvgIpc) is 2.35. The monoisotopic (exact) mass is 298 g/mol. The molecule has 1 atom stereocenters. The molecule has 0 aliphatic heterocycles. The molecule has 1 rings (SSSR count). The molecule has 0 bridgehead atoms. The van der Waals surface area contributed by atoms with Gasteiger partial charge in [-0.1, -0.05) is 17.7 Å². The van der Waals surface area contributed by atoms with Crippen LogP contribution in [0.5, 0.6) is 0 Å². The van der Waals surface area contributed by atoms with E-state index in [4.69, 9.17) is 5.73 Å². The van der Waals surface area contributed by atoms with Gasteiger partial charge in [-0.3, -0.25) is 4.79 Å². The lowest BCUT2D eigenvalue weighted by molar-refractivity contribution is -0.117. The molecule has 0 amide bonds. The molecule has 0 saturated heterocycles. The summed E-state index contributed by atoms with van der Waals surface area (Å²) >= 11 is 0. The first kappa shape index (κ1) is 16.8. The van der Waals surface area contributed by atoms with E-state index in [0.717, 1.165) is 5.56 Å². The number of aryl methyl sites for hydroxylation is 1. The van der Waals surface area contributed by atoms with Crippen molar-refractivity contribution in [3.8, 4) is 0 Å². The van der Waals surface area contributed by atoms with Gasteiger partial charge in [0.1, 0.15) is 5.78 Å². The number of hydrogen-bond donors (Lipinski definition) is 2. The molecule has 0 aliphatic carbocycles. The number of carbonyl (C=O) groups is 1. The van der Waals surface area contributed by atoms with Crippen LogP contribution in [-0.2, 0) is 14.8 Å². The molecule has 0 radical (unpaired) electrons. The largest absolute Gasteiger partial charge is 0.330 e. The maximum absolute atomic E-state index is 12.2. The molecule has 20 heavy (non-hydrogen) atoms. The van der Waals surface area contributed by atoms with Crippen LogP contribution in [0.3, 0.4) is 0 Å². The van der Waals surface area contributed by atoms with E-state index < -0.39 is 16.1 Å². The van der Waals surface area contributed by atoms with Gasteiger partial charge in [-0.25, -0.2) is 13.1 Å². The smallest absolute Gasteiger partial charge is 0.240 e. The molecule has 0 heterocycles. The fourth-order valence-corrected chi connectivity index (χ4v) is 3.19. The van der Waals surface area contributed by atoms with Crippen LogP contribution in [-0.4, -0.2) is 26.8 Å². The van der Waals surface area contributed by atoms with Crippen LogP contribution in [0.25, 0.3) is 0 Å². The Balaban J connectivity index is 2.84. The predicted octanol–water partition coefficient (Wildman–Crippen LogP) is 1.36. The Morgan fingerprint density at radius 3 is 2.40 bits per heavy atom. The maximum Gasteiger partial charge on any atom is 0.240 e. The predicted molar refractivity (Wildman–Crippen MR) is 78.9 cm³/mol. The molecular weight excluding hydrogens is 276 g/mol. The number of rotatable bonds is 8. The van der Waals surface area contributed by atoms with Crippen molar-refractivity contribution in [2.45, 2.75) is 44.0 Å².